The number of rotatable bonds is 4. The van der Waals surface area contributed by atoms with Crippen LogP contribution in [0.1, 0.15) is 42.3 Å². The summed E-state index contributed by atoms with van der Waals surface area (Å²) in [7, 11) is 0. The van der Waals surface area contributed by atoms with Crippen molar-refractivity contribution in [3.05, 3.63) is 28.8 Å². The second-order valence-electron chi connectivity index (χ2n) is 5.61. The third-order valence-electron chi connectivity index (χ3n) is 2.92. The molecule has 0 aliphatic heterocycles. The van der Waals surface area contributed by atoms with Gasteiger partial charge in [-0.2, -0.15) is 0 Å². The van der Waals surface area contributed by atoms with Crippen molar-refractivity contribution >= 4 is 5.91 Å². The molecular formula is C15H23NO3. The summed E-state index contributed by atoms with van der Waals surface area (Å²) in [5, 5.41) is 19.9. The number of phenolic OH excluding ortho intramolecular Hbond substituents is 1. The molecule has 2 N–H and O–H groups in total. The van der Waals surface area contributed by atoms with E-state index in [9.17, 15) is 15.0 Å². The number of nitrogens with zero attached hydrogens (tertiary/aromatic N) is 1. The lowest BCUT2D eigenvalue weighted by atomic mass is 10.0. The third-order valence-corrected chi connectivity index (χ3v) is 2.92. The van der Waals surface area contributed by atoms with Crippen LogP contribution in [-0.2, 0) is 0 Å². The largest absolute Gasteiger partial charge is 0.507 e. The summed E-state index contributed by atoms with van der Waals surface area (Å²) >= 11 is 0. The summed E-state index contributed by atoms with van der Waals surface area (Å²) < 4.78 is 0. The van der Waals surface area contributed by atoms with E-state index >= 15 is 0 Å². The number of aliphatic hydroxyl groups is 1. The fourth-order valence-corrected chi connectivity index (χ4v) is 2.09. The molecule has 0 atom stereocenters. The van der Waals surface area contributed by atoms with Crippen molar-refractivity contribution in [1.29, 1.82) is 0 Å². The van der Waals surface area contributed by atoms with E-state index in [-0.39, 0.29) is 18.2 Å². The van der Waals surface area contributed by atoms with Gasteiger partial charge in [-0.1, -0.05) is 6.07 Å². The number of carbonyl (C=O) groups excluding carboxylic acids is 1. The van der Waals surface area contributed by atoms with Gasteiger partial charge in [0.1, 0.15) is 5.75 Å². The summed E-state index contributed by atoms with van der Waals surface area (Å²) in [5.41, 5.74) is 0.949. The van der Waals surface area contributed by atoms with Gasteiger partial charge in [0.15, 0.2) is 0 Å². The number of phenols is 1. The number of benzene rings is 1. The molecule has 0 aliphatic carbocycles. The van der Waals surface area contributed by atoms with Crippen molar-refractivity contribution < 1.29 is 15.0 Å². The van der Waals surface area contributed by atoms with Crippen LogP contribution in [0, 0.1) is 13.8 Å². The maximum atomic E-state index is 12.4. The molecule has 0 spiro atoms. The number of aromatic hydroxyl groups is 1. The minimum absolute atomic E-state index is 0.0183. The molecule has 0 saturated carbocycles. The molecule has 1 rings (SSSR count). The first-order valence-corrected chi connectivity index (χ1v) is 6.47. The molecule has 0 unspecified atom stereocenters. The van der Waals surface area contributed by atoms with Crippen LogP contribution in [0.2, 0.25) is 0 Å². The zero-order valence-corrected chi connectivity index (χ0v) is 12.3. The highest BCUT2D eigenvalue weighted by molar-refractivity contribution is 5.97. The second-order valence-corrected chi connectivity index (χ2v) is 5.61. The predicted molar refractivity (Wildman–Crippen MR) is 75.5 cm³/mol. The zero-order valence-electron chi connectivity index (χ0n) is 12.3. The minimum atomic E-state index is -0.958. The smallest absolute Gasteiger partial charge is 0.257 e. The van der Waals surface area contributed by atoms with E-state index in [0.29, 0.717) is 17.7 Å². The number of hydrogen-bond donors (Lipinski definition) is 2. The van der Waals surface area contributed by atoms with E-state index in [4.69, 9.17) is 0 Å². The Balaban J connectivity index is 3.11. The molecule has 1 aromatic rings. The number of carbonyl (C=O) groups is 1. The normalized spacial score (nSPS) is 11.5. The molecule has 1 aromatic carbocycles. The zero-order chi connectivity index (χ0) is 14.8. The first-order valence-electron chi connectivity index (χ1n) is 6.47. The molecule has 1 amide bonds. The molecule has 0 aliphatic rings. The molecule has 4 heteroatoms. The Morgan fingerprint density at radius 2 is 1.89 bits per heavy atom. The van der Waals surface area contributed by atoms with Gasteiger partial charge in [0.25, 0.3) is 5.91 Å². The van der Waals surface area contributed by atoms with Crippen LogP contribution in [0.5, 0.6) is 5.75 Å². The van der Waals surface area contributed by atoms with Crippen LogP contribution < -0.4 is 0 Å². The molecule has 19 heavy (non-hydrogen) atoms. The van der Waals surface area contributed by atoms with E-state index in [1.165, 1.54) is 4.90 Å². The molecule has 0 aromatic heterocycles. The topological polar surface area (TPSA) is 60.8 Å². The van der Waals surface area contributed by atoms with E-state index in [1.807, 2.05) is 19.9 Å². The number of likely N-dealkylation sites (N-methyl/N-ethyl adjacent to an activating group) is 1. The van der Waals surface area contributed by atoms with Crippen LogP contribution in [0.3, 0.4) is 0 Å². The maximum absolute atomic E-state index is 12.4. The van der Waals surface area contributed by atoms with Gasteiger partial charge in [0.05, 0.1) is 11.2 Å². The summed E-state index contributed by atoms with van der Waals surface area (Å²) in [6.45, 7) is 9.53. The summed E-state index contributed by atoms with van der Waals surface area (Å²) in [6.07, 6.45) is 0. The van der Waals surface area contributed by atoms with Crippen molar-refractivity contribution in [3.8, 4) is 5.75 Å². The van der Waals surface area contributed by atoms with Gasteiger partial charge in [-0.05, 0) is 51.8 Å². The number of hydrogen-bond acceptors (Lipinski definition) is 3. The lowest BCUT2D eigenvalue weighted by molar-refractivity contribution is 0.0313. The van der Waals surface area contributed by atoms with Gasteiger partial charge in [-0.25, -0.2) is 0 Å². The maximum Gasteiger partial charge on any atom is 0.257 e. The van der Waals surface area contributed by atoms with Gasteiger partial charge in [0, 0.05) is 13.1 Å². The van der Waals surface area contributed by atoms with Crippen molar-refractivity contribution in [2.75, 3.05) is 13.1 Å². The predicted octanol–water partition coefficient (Wildman–Crippen LogP) is 2.24. The lowest BCUT2D eigenvalue weighted by Gasteiger charge is -2.28. The van der Waals surface area contributed by atoms with Crippen molar-refractivity contribution in [2.45, 2.75) is 40.2 Å². The quantitative estimate of drug-likeness (QED) is 0.877. The van der Waals surface area contributed by atoms with Crippen LogP contribution in [-0.4, -0.2) is 39.7 Å². The third kappa shape index (κ3) is 3.96. The van der Waals surface area contributed by atoms with Crippen molar-refractivity contribution in [3.63, 3.8) is 0 Å². The molecule has 0 bridgehead atoms. The molecule has 4 nitrogen and oxygen atoms in total. The average Bonchev–Trinajstić information content (AvgIpc) is 2.28. The minimum Gasteiger partial charge on any atom is -0.507 e. The van der Waals surface area contributed by atoms with Gasteiger partial charge >= 0.3 is 0 Å². The van der Waals surface area contributed by atoms with Crippen LogP contribution in [0.4, 0.5) is 0 Å². The Labute approximate surface area is 114 Å². The molecule has 0 radical (unpaired) electrons. The first kappa shape index (κ1) is 15.5. The van der Waals surface area contributed by atoms with E-state index in [1.54, 1.807) is 26.8 Å². The van der Waals surface area contributed by atoms with E-state index < -0.39 is 5.60 Å². The van der Waals surface area contributed by atoms with Crippen LogP contribution in [0.25, 0.3) is 0 Å². The fourth-order valence-electron chi connectivity index (χ4n) is 2.09. The molecular weight excluding hydrogens is 242 g/mol. The average molecular weight is 265 g/mol. The fraction of sp³-hybridized carbons (Fsp3) is 0.533. The van der Waals surface area contributed by atoms with E-state index in [0.717, 1.165) is 5.56 Å². The van der Waals surface area contributed by atoms with Crippen molar-refractivity contribution in [1.82, 2.24) is 4.90 Å². The standard InChI is InChI=1S/C15H23NO3/c1-6-16(9-15(4,5)19)14(18)12-8-10(2)7-11(3)13(12)17/h7-8,17,19H,6,9H2,1-5H3. The molecule has 0 saturated heterocycles. The number of amides is 1. The Morgan fingerprint density at radius 3 is 2.37 bits per heavy atom. The summed E-state index contributed by atoms with van der Waals surface area (Å²) in [6, 6.07) is 3.51. The van der Waals surface area contributed by atoms with Gasteiger partial charge < -0.3 is 15.1 Å². The Bertz CT molecular complexity index is 475. The molecule has 0 heterocycles. The highest BCUT2D eigenvalue weighted by Gasteiger charge is 2.24. The van der Waals surface area contributed by atoms with Gasteiger partial charge in [-0.15, -0.1) is 0 Å². The van der Waals surface area contributed by atoms with Crippen molar-refractivity contribution in [2.24, 2.45) is 0 Å². The highest BCUT2D eigenvalue weighted by atomic mass is 16.3. The Hall–Kier alpha value is -1.55. The lowest BCUT2D eigenvalue weighted by Crippen LogP contribution is -2.42. The summed E-state index contributed by atoms with van der Waals surface area (Å²) in [4.78, 5) is 14.0. The van der Waals surface area contributed by atoms with Crippen LogP contribution >= 0.6 is 0 Å². The van der Waals surface area contributed by atoms with Crippen LogP contribution in [0.15, 0.2) is 12.1 Å². The second kappa shape index (κ2) is 5.61. The SMILES string of the molecule is CCN(CC(C)(C)O)C(=O)c1cc(C)cc(C)c1O. The monoisotopic (exact) mass is 265 g/mol. The Kier molecular flexibility index (Phi) is 4.58. The van der Waals surface area contributed by atoms with Gasteiger partial charge in [0.2, 0.25) is 0 Å². The van der Waals surface area contributed by atoms with Gasteiger partial charge in [-0.3, -0.25) is 4.79 Å². The molecule has 0 fully saturated rings. The first-order chi connectivity index (χ1) is 8.65. The highest BCUT2D eigenvalue weighted by Crippen LogP contribution is 2.25. The Morgan fingerprint density at radius 1 is 1.32 bits per heavy atom. The van der Waals surface area contributed by atoms with E-state index in [2.05, 4.69) is 0 Å². The number of aryl methyl sites for hydroxylation is 2. The summed E-state index contributed by atoms with van der Waals surface area (Å²) in [5.74, 6) is -0.237. The molecule has 106 valence electrons.